The number of hydrogen-bond acceptors (Lipinski definition) is 6. The highest BCUT2D eigenvalue weighted by Crippen LogP contribution is 2.54. The normalized spacial score (nSPS) is 26.0. The summed E-state index contributed by atoms with van der Waals surface area (Å²) in [7, 11) is 0. The molecule has 0 aromatic heterocycles. The molecule has 0 amide bonds. The number of nitrogens with zero attached hydrogens (tertiary/aromatic N) is 2. The largest absolute Gasteiger partial charge is 0.462 e. The Hall–Kier alpha value is -1.48. The van der Waals surface area contributed by atoms with E-state index in [9.17, 15) is 9.59 Å². The van der Waals surface area contributed by atoms with Crippen molar-refractivity contribution in [3.05, 3.63) is 45.9 Å². The van der Waals surface area contributed by atoms with Crippen LogP contribution in [-0.2, 0) is 19.1 Å². The van der Waals surface area contributed by atoms with Crippen LogP contribution in [-0.4, -0.2) is 54.9 Å². The summed E-state index contributed by atoms with van der Waals surface area (Å²) in [5.74, 6) is -0.114. The first kappa shape index (κ1) is 35.4. The van der Waals surface area contributed by atoms with E-state index in [0.717, 1.165) is 64.2 Å². The minimum absolute atomic E-state index is 0.0266. The van der Waals surface area contributed by atoms with Crippen molar-refractivity contribution in [2.45, 2.75) is 167 Å². The van der Waals surface area contributed by atoms with Crippen LogP contribution < -0.4 is 0 Å². The monoisotopic (exact) mass is 648 g/mol. The molecule has 8 heteroatoms. The highest BCUT2D eigenvalue weighted by molar-refractivity contribution is 8.20. The molecular formula is C36H60N2O4S2. The van der Waals surface area contributed by atoms with Crippen LogP contribution in [0.1, 0.15) is 132 Å². The molecule has 0 N–H and O–H groups in total. The van der Waals surface area contributed by atoms with Crippen LogP contribution in [0.4, 0.5) is 0 Å². The van der Waals surface area contributed by atoms with E-state index in [-0.39, 0.29) is 46.3 Å². The number of carbonyl (C=O) groups is 2. The summed E-state index contributed by atoms with van der Waals surface area (Å²) in [6, 6.07) is 0. The molecule has 250 valence electrons. The molecule has 4 rings (SSSR count). The second kappa shape index (κ2) is 14.5. The third-order valence-electron chi connectivity index (χ3n) is 9.45. The summed E-state index contributed by atoms with van der Waals surface area (Å²) in [6.07, 6.45) is 19.0. The highest BCUT2D eigenvalue weighted by atomic mass is 32.2. The van der Waals surface area contributed by atoms with E-state index in [4.69, 9.17) is 9.47 Å². The molecular weight excluding hydrogens is 589 g/mol. The molecule has 0 aliphatic carbocycles. The number of carbonyl (C=O) groups excluding carboxylic acids is 2. The van der Waals surface area contributed by atoms with Gasteiger partial charge in [0.15, 0.2) is 0 Å². The van der Waals surface area contributed by atoms with Gasteiger partial charge in [-0.25, -0.2) is 0 Å². The van der Waals surface area contributed by atoms with E-state index < -0.39 is 22.2 Å². The van der Waals surface area contributed by atoms with Gasteiger partial charge in [0.2, 0.25) is 0 Å². The minimum Gasteiger partial charge on any atom is -0.462 e. The van der Waals surface area contributed by atoms with Crippen LogP contribution in [0.25, 0.3) is 0 Å². The van der Waals surface area contributed by atoms with Crippen LogP contribution in [0.3, 0.4) is 0 Å². The molecule has 4 aliphatic rings. The standard InChI is InChI=1S/C36H60N2O4S2/c1-33(2)25-29(26-34(3,4)37(33)43-21-15-16-22-43)41-31(39)19-13-11-9-10-12-14-20-32(40)42-30-27-35(5,6)38(36(7,8)28-30)44-23-17-18-24-44/h15-18,21-24,29-30,43-44H,9-14,19-20,25-28H2,1-8H3. The number of allylic oxidation sites excluding steroid dienone is 4. The Bertz CT molecular complexity index is 991. The highest BCUT2D eigenvalue weighted by Gasteiger charge is 2.49. The third kappa shape index (κ3) is 9.07. The van der Waals surface area contributed by atoms with Crippen molar-refractivity contribution < 1.29 is 19.1 Å². The van der Waals surface area contributed by atoms with Crippen molar-refractivity contribution in [1.29, 1.82) is 0 Å². The summed E-state index contributed by atoms with van der Waals surface area (Å²) < 4.78 is 17.3. The van der Waals surface area contributed by atoms with Crippen molar-refractivity contribution in [3.63, 3.8) is 0 Å². The molecule has 0 aromatic rings. The van der Waals surface area contributed by atoms with E-state index in [1.54, 1.807) is 0 Å². The molecule has 6 nitrogen and oxygen atoms in total. The van der Waals surface area contributed by atoms with Gasteiger partial charge in [-0.2, -0.15) is 22.2 Å². The number of thiol groups is 2. The van der Waals surface area contributed by atoms with Crippen molar-refractivity contribution in [1.82, 2.24) is 8.61 Å². The maximum Gasteiger partial charge on any atom is 0.306 e. The third-order valence-corrected chi connectivity index (χ3v) is 14.4. The zero-order chi connectivity index (χ0) is 32.2. The quantitative estimate of drug-likeness (QED) is 0.118. The summed E-state index contributed by atoms with van der Waals surface area (Å²) in [5, 5.41) is 9.26. The number of ether oxygens (including phenoxy) is 2. The molecule has 0 atom stereocenters. The Balaban J connectivity index is 1.07. The SMILES string of the molecule is CC1(C)CC(OC(=O)CCCCCCCCC(=O)OC2CC(C)(C)N([SH]3C=CC=C3)C(C)(C)C2)CC(C)(C)N1[SH]1C=CC=C1. The molecule has 0 unspecified atom stereocenters. The first-order chi connectivity index (χ1) is 20.6. The summed E-state index contributed by atoms with van der Waals surface area (Å²) in [5.41, 5.74) is -0.111. The van der Waals surface area contributed by atoms with Crippen molar-refractivity contribution in [2.75, 3.05) is 0 Å². The molecule has 0 spiro atoms. The lowest BCUT2D eigenvalue weighted by Crippen LogP contribution is -2.60. The first-order valence-corrected chi connectivity index (χ1v) is 19.7. The Morgan fingerprint density at radius 3 is 1.11 bits per heavy atom. The molecule has 44 heavy (non-hydrogen) atoms. The fraction of sp³-hybridized carbons (Fsp3) is 0.722. The van der Waals surface area contributed by atoms with Gasteiger partial charge in [-0.15, -0.1) is 0 Å². The fourth-order valence-electron chi connectivity index (χ4n) is 8.43. The van der Waals surface area contributed by atoms with E-state index >= 15 is 0 Å². The molecule has 2 fully saturated rings. The van der Waals surface area contributed by atoms with Gasteiger partial charge >= 0.3 is 11.9 Å². The van der Waals surface area contributed by atoms with Gasteiger partial charge in [0.05, 0.1) is 0 Å². The van der Waals surface area contributed by atoms with Gasteiger partial charge in [0.25, 0.3) is 0 Å². The molecule has 4 aliphatic heterocycles. The van der Waals surface area contributed by atoms with Gasteiger partial charge in [-0.1, -0.05) is 50.0 Å². The lowest BCUT2D eigenvalue weighted by Gasteiger charge is -2.57. The molecule has 0 saturated carbocycles. The predicted octanol–water partition coefficient (Wildman–Crippen LogP) is 9.15. The Kier molecular flexibility index (Phi) is 11.7. The number of unbranched alkanes of at least 4 members (excludes halogenated alkanes) is 5. The van der Waals surface area contributed by atoms with Gasteiger partial charge in [-0.3, -0.25) is 18.2 Å². The predicted molar refractivity (Wildman–Crippen MR) is 190 cm³/mol. The van der Waals surface area contributed by atoms with Crippen LogP contribution >= 0.6 is 22.2 Å². The number of rotatable bonds is 13. The van der Waals surface area contributed by atoms with Gasteiger partial charge < -0.3 is 9.47 Å². The molecule has 4 heterocycles. The smallest absolute Gasteiger partial charge is 0.306 e. The zero-order valence-electron chi connectivity index (χ0n) is 28.7. The average Bonchev–Trinajstić information content (AvgIpc) is 3.57. The molecule has 0 aromatic carbocycles. The van der Waals surface area contributed by atoms with Gasteiger partial charge in [-0.05, 0) is 89.9 Å². The van der Waals surface area contributed by atoms with Crippen LogP contribution in [0.2, 0.25) is 0 Å². The number of esters is 2. The maximum absolute atomic E-state index is 12.7. The molecule has 0 bridgehead atoms. The lowest BCUT2D eigenvalue weighted by atomic mass is 9.81. The Morgan fingerprint density at radius 2 is 0.818 bits per heavy atom. The molecule has 2 saturated heterocycles. The van der Waals surface area contributed by atoms with Crippen LogP contribution in [0.5, 0.6) is 0 Å². The lowest BCUT2D eigenvalue weighted by molar-refractivity contribution is -0.157. The number of piperidine rings is 2. The van der Waals surface area contributed by atoms with Crippen LogP contribution in [0, 0.1) is 0 Å². The van der Waals surface area contributed by atoms with Gasteiger partial charge in [0.1, 0.15) is 12.2 Å². The zero-order valence-corrected chi connectivity index (χ0v) is 30.5. The molecule has 0 radical (unpaired) electrons. The van der Waals surface area contributed by atoms with Crippen molar-refractivity contribution in [2.24, 2.45) is 0 Å². The van der Waals surface area contributed by atoms with Crippen LogP contribution in [0.15, 0.2) is 45.9 Å². The van der Waals surface area contributed by atoms with E-state index in [0.29, 0.717) is 12.8 Å². The summed E-state index contributed by atoms with van der Waals surface area (Å²) >= 11 is -0.828. The van der Waals surface area contributed by atoms with E-state index in [2.05, 4.69) is 110 Å². The van der Waals surface area contributed by atoms with E-state index in [1.165, 1.54) is 0 Å². The summed E-state index contributed by atoms with van der Waals surface area (Å²) in [6.45, 7) is 18.3. The van der Waals surface area contributed by atoms with E-state index in [1.807, 2.05) is 0 Å². The Labute approximate surface area is 273 Å². The maximum atomic E-state index is 12.7. The van der Waals surface area contributed by atoms with Crippen molar-refractivity contribution in [3.8, 4) is 0 Å². The second-order valence-corrected chi connectivity index (χ2v) is 19.2. The fourth-order valence-corrected chi connectivity index (χ4v) is 13.1. The number of hydrogen-bond donors (Lipinski definition) is 2. The minimum atomic E-state index is -0.414. The Morgan fingerprint density at radius 1 is 0.545 bits per heavy atom. The first-order valence-electron chi connectivity index (χ1n) is 16.9. The van der Waals surface area contributed by atoms with Crippen molar-refractivity contribution >= 4 is 34.1 Å². The second-order valence-electron chi connectivity index (χ2n) is 15.7. The van der Waals surface area contributed by atoms with Gasteiger partial charge in [0, 0.05) is 60.7 Å². The average molecular weight is 649 g/mol. The summed E-state index contributed by atoms with van der Waals surface area (Å²) in [4.78, 5) is 25.4. The topological polar surface area (TPSA) is 59.1 Å².